The van der Waals surface area contributed by atoms with Crippen LogP contribution in [0.2, 0.25) is 0 Å². The van der Waals surface area contributed by atoms with Gasteiger partial charge in [-0.05, 0) is 73.6 Å². The minimum Gasteiger partial charge on any atom is -0.465 e. The van der Waals surface area contributed by atoms with E-state index in [2.05, 4.69) is 15.4 Å². The molecular formula is C21H22FN3O3S. The van der Waals surface area contributed by atoms with Crippen molar-refractivity contribution in [2.75, 3.05) is 25.5 Å². The number of likely N-dealkylation sites (tertiary alicyclic amines) is 1. The highest BCUT2D eigenvalue weighted by atomic mass is 32.1. The summed E-state index contributed by atoms with van der Waals surface area (Å²) in [7, 11) is 1.34. The molecule has 152 valence electrons. The van der Waals surface area contributed by atoms with Crippen molar-refractivity contribution in [3.05, 3.63) is 65.5 Å². The van der Waals surface area contributed by atoms with Gasteiger partial charge in [0.2, 0.25) is 0 Å². The van der Waals surface area contributed by atoms with Crippen LogP contribution in [-0.2, 0) is 4.74 Å². The van der Waals surface area contributed by atoms with Crippen molar-refractivity contribution in [1.29, 1.82) is 0 Å². The van der Waals surface area contributed by atoms with Gasteiger partial charge in [0.25, 0.3) is 5.91 Å². The van der Waals surface area contributed by atoms with E-state index in [1.165, 1.54) is 31.4 Å². The zero-order chi connectivity index (χ0) is 20.8. The molecule has 0 bridgehead atoms. The molecule has 0 saturated carbocycles. The van der Waals surface area contributed by atoms with Crippen molar-refractivity contribution in [2.24, 2.45) is 0 Å². The third kappa shape index (κ3) is 5.51. The fourth-order valence-electron chi connectivity index (χ4n) is 3.11. The van der Waals surface area contributed by atoms with Gasteiger partial charge in [0.1, 0.15) is 5.82 Å². The smallest absolute Gasteiger partial charge is 0.337 e. The number of amides is 1. The number of nitrogens with zero attached hydrogens (tertiary/aromatic N) is 1. The van der Waals surface area contributed by atoms with E-state index in [9.17, 15) is 14.0 Å². The summed E-state index contributed by atoms with van der Waals surface area (Å²) in [6, 6.07) is 12.4. The van der Waals surface area contributed by atoms with E-state index in [0.717, 1.165) is 18.5 Å². The monoisotopic (exact) mass is 415 g/mol. The predicted octanol–water partition coefficient (Wildman–Crippen LogP) is 3.20. The van der Waals surface area contributed by atoms with E-state index in [1.807, 2.05) is 4.90 Å². The Bertz CT molecular complexity index is 879. The number of carbonyl (C=O) groups is 2. The Balaban J connectivity index is 1.47. The van der Waals surface area contributed by atoms with E-state index >= 15 is 0 Å². The maximum absolute atomic E-state index is 13.0. The van der Waals surface area contributed by atoms with Crippen molar-refractivity contribution < 1.29 is 18.7 Å². The fraction of sp³-hybridized carbons (Fsp3) is 0.286. The highest BCUT2D eigenvalue weighted by Crippen LogP contribution is 2.15. The number of benzene rings is 2. The van der Waals surface area contributed by atoms with Crippen LogP contribution in [0.15, 0.2) is 48.5 Å². The summed E-state index contributed by atoms with van der Waals surface area (Å²) in [5.74, 6) is -0.950. The first-order valence-corrected chi connectivity index (χ1v) is 9.68. The fourth-order valence-corrected chi connectivity index (χ4v) is 3.41. The van der Waals surface area contributed by atoms with Gasteiger partial charge in [0.15, 0.2) is 5.11 Å². The van der Waals surface area contributed by atoms with Gasteiger partial charge < -0.3 is 20.3 Å². The lowest BCUT2D eigenvalue weighted by Crippen LogP contribution is -2.47. The topological polar surface area (TPSA) is 70.7 Å². The molecule has 0 aromatic heterocycles. The van der Waals surface area contributed by atoms with Crippen LogP contribution in [-0.4, -0.2) is 48.1 Å². The zero-order valence-corrected chi connectivity index (χ0v) is 16.8. The van der Waals surface area contributed by atoms with Gasteiger partial charge >= 0.3 is 5.97 Å². The van der Waals surface area contributed by atoms with Crippen LogP contribution in [0.5, 0.6) is 0 Å². The number of nitrogens with one attached hydrogen (secondary N) is 2. The minimum absolute atomic E-state index is 0.0472. The SMILES string of the molecule is COC(=O)c1ccc(NC(=S)N2CCC(NC(=O)c3ccc(F)cc3)CC2)cc1. The van der Waals surface area contributed by atoms with Crippen molar-refractivity contribution in [3.63, 3.8) is 0 Å². The van der Waals surface area contributed by atoms with E-state index in [0.29, 0.717) is 29.3 Å². The summed E-state index contributed by atoms with van der Waals surface area (Å²) in [6.07, 6.45) is 1.52. The molecule has 0 unspecified atom stereocenters. The lowest BCUT2D eigenvalue weighted by Gasteiger charge is -2.34. The Labute approximate surface area is 174 Å². The molecule has 0 atom stereocenters. The molecule has 2 aromatic rings. The number of carbonyl (C=O) groups excluding carboxylic acids is 2. The number of esters is 1. The van der Waals surface area contributed by atoms with E-state index in [4.69, 9.17) is 12.2 Å². The lowest BCUT2D eigenvalue weighted by atomic mass is 10.0. The predicted molar refractivity (Wildman–Crippen MR) is 112 cm³/mol. The molecule has 8 heteroatoms. The Morgan fingerprint density at radius 2 is 1.62 bits per heavy atom. The first-order chi connectivity index (χ1) is 14.0. The molecule has 0 radical (unpaired) electrons. The van der Waals surface area contributed by atoms with Crippen molar-refractivity contribution in [2.45, 2.75) is 18.9 Å². The number of ether oxygens (including phenoxy) is 1. The average Bonchev–Trinajstić information content (AvgIpc) is 2.74. The molecule has 1 aliphatic heterocycles. The number of hydrogen-bond donors (Lipinski definition) is 2. The lowest BCUT2D eigenvalue weighted by molar-refractivity contribution is 0.0600. The summed E-state index contributed by atoms with van der Waals surface area (Å²) in [6.45, 7) is 1.42. The van der Waals surface area contributed by atoms with E-state index in [-0.39, 0.29) is 23.7 Å². The Kier molecular flexibility index (Phi) is 6.77. The molecule has 1 amide bonds. The minimum atomic E-state index is -0.385. The summed E-state index contributed by atoms with van der Waals surface area (Å²) in [5.41, 5.74) is 1.71. The van der Waals surface area contributed by atoms with Crippen molar-refractivity contribution >= 4 is 34.9 Å². The number of rotatable bonds is 4. The van der Waals surface area contributed by atoms with Gasteiger partial charge in [0.05, 0.1) is 12.7 Å². The molecule has 2 aromatic carbocycles. The van der Waals surface area contributed by atoms with Crippen LogP contribution in [0.1, 0.15) is 33.6 Å². The van der Waals surface area contributed by atoms with Crippen LogP contribution >= 0.6 is 12.2 Å². The van der Waals surface area contributed by atoms with Gasteiger partial charge in [-0.2, -0.15) is 0 Å². The number of anilines is 1. The second kappa shape index (κ2) is 9.47. The maximum atomic E-state index is 13.0. The molecule has 6 nitrogen and oxygen atoms in total. The number of piperidine rings is 1. The first kappa shape index (κ1) is 20.7. The van der Waals surface area contributed by atoms with Crippen LogP contribution < -0.4 is 10.6 Å². The quantitative estimate of drug-likeness (QED) is 0.590. The first-order valence-electron chi connectivity index (χ1n) is 9.27. The molecule has 29 heavy (non-hydrogen) atoms. The van der Waals surface area contributed by atoms with Crippen molar-refractivity contribution in [1.82, 2.24) is 10.2 Å². The number of thiocarbonyl (C=S) groups is 1. The normalized spacial score (nSPS) is 14.2. The third-order valence-corrected chi connectivity index (χ3v) is 5.14. The Hall–Kier alpha value is -3.00. The second-order valence-electron chi connectivity index (χ2n) is 6.74. The van der Waals surface area contributed by atoms with Crippen molar-refractivity contribution in [3.8, 4) is 0 Å². The van der Waals surface area contributed by atoms with Gasteiger partial charge in [-0.1, -0.05) is 0 Å². The summed E-state index contributed by atoms with van der Waals surface area (Å²) in [4.78, 5) is 25.8. The maximum Gasteiger partial charge on any atom is 0.337 e. The number of methoxy groups -OCH3 is 1. The number of halogens is 1. The molecule has 0 aliphatic carbocycles. The molecule has 0 spiro atoms. The molecular weight excluding hydrogens is 393 g/mol. The highest BCUT2D eigenvalue weighted by Gasteiger charge is 2.22. The number of hydrogen-bond acceptors (Lipinski definition) is 4. The molecule has 1 saturated heterocycles. The van der Waals surface area contributed by atoms with Gasteiger partial charge in [-0.25, -0.2) is 9.18 Å². The molecule has 1 fully saturated rings. The molecule has 2 N–H and O–H groups in total. The van der Waals surface area contributed by atoms with E-state index in [1.54, 1.807) is 24.3 Å². The van der Waals surface area contributed by atoms with Gasteiger partial charge in [-0.3, -0.25) is 4.79 Å². The molecule has 3 rings (SSSR count). The highest BCUT2D eigenvalue weighted by molar-refractivity contribution is 7.80. The largest absolute Gasteiger partial charge is 0.465 e. The second-order valence-corrected chi connectivity index (χ2v) is 7.13. The van der Waals surface area contributed by atoms with Gasteiger partial charge in [-0.15, -0.1) is 0 Å². The van der Waals surface area contributed by atoms with Crippen LogP contribution in [0, 0.1) is 5.82 Å². The standard InChI is InChI=1S/C21H22FN3O3S/c1-28-20(27)15-4-8-17(9-5-15)24-21(29)25-12-10-18(11-13-25)23-19(26)14-2-6-16(22)7-3-14/h2-9,18H,10-13H2,1H3,(H,23,26)(H,24,29). The average molecular weight is 415 g/mol. The Morgan fingerprint density at radius 3 is 2.21 bits per heavy atom. The van der Waals surface area contributed by atoms with E-state index < -0.39 is 0 Å². The van der Waals surface area contributed by atoms with Gasteiger partial charge in [0, 0.05) is 30.4 Å². The Morgan fingerprint density at radius 1 is 1.03 bits per heavy atom. The zero-order valence-electron chi connectivity index (χ0n) is 16.0. The molecule has 1 heterocycles. The third-order valence-electron chi connectivity index (χ3n) is 4.78. The summed E-state index contributed by atoms with van der Waals surface area (Å²) < 4.78 is 17.7. The van der Waals surface area contributed by atoms with Crippen LogP contribution in [0.3, 0.4) is 0 Å². The van der Waals surface area contributed by atoms with Crippen LogP contribution in [0.4, 0.5) is 10.1 Å². The van der Waals surface area contributed by atoms with Crippen LogP contribution in [0.25, 0.3) is 0 Å². The summed E-state index contributed by atoms with van der Waals surface area (Å²) in [5, 5.41) is 6.75. The summed E-state index contributed by atoms with van der Waals surface area (Å²) >= 11 is 5.48. The molecule has 1 aliphatic rings.